The van der Waals surface area contributed by atoms with Crippen molar-refractivity contribution in [2.45, 2.75) is 32.0 Å². The van der Waals surface area contributed by atoms with Crippen molar-refractivity contribution in [2.24, 2.45) is 0 Å². The Kier molecular flexibility index (Phi) is 4.03. The van der Waals surface area contributed by atoms with Gasteiger partial charge in [-0.1, -0.05) is 19.6 Å². The highest BCUT2D eigenvalue weighted by Crippen LogP contribution is 2.29. The summed E-state index contributed by atoms with van der Waals surface area (Å²) >= 11 is 0. The first-order valence-corrected chi connectivity index (χ1v) is 10.1. The van der Waals surface area contributed by atoms with E-state index < -0.39 is 8.07 Å². The minimum atomic E-state index is -1.42. The van der Waals surface area contributed by atoms with E-state index in [1.807, 2.05) is 6.07 Å². The second-order valence-electron chi connectivity index (χ2n) is 5.96. The molecule has 19 heavy (non-hydrogen) atoms. The molecule has 5 nitrogen and oxygen atoms in total. The van der Waals surface area contributed by atoms with Gasteiger partial charge in [0.2, 0.25) is 0 Å². The van der Waals surface area contributed by atoms with E-state index in [2.05, 4.69) is 19.6 Å². The Morgan fingerprint density at radius 2 is 1.95 bits per heavy atom. The number of hydrogen-bond donors (Lipinski definition) is 0. The van der Waals surface area contributed by atoms with Gasteiger partial charge in [0.05, 0.1) is 18.1 Å². The third-order valence-corrected chi connectivity index (χ3v) is 4.36. The highest BCUT2D eigenvalue weighted by Gasteiger charge is 2.25. The Balaban J connectivity index is 2.34. The second kappa shape index (κ2) is 5.40. The summed E-state index contributed by atoms with van der Waals surface area (Å²) < 4.78 is 10.9. The molecule has 0 N–H and O–H groups in total. The fourth-order valence-electron chi connectivity index (χ4n) is 2.19. The van der Waals surface area contributed by atoms with Gasteiger partial charge >= 0.3 is 0 Å². The van der Waals surface area contributed by atoms with Gasteiger partial charge in [-0.25, -0.2) is 0 Å². The molecule has 0 aromatic heterocycles. The van der Waals surface area contributed by atoms with Crippen molar-refractivity contribution in [2.75, 3.05) is 13.2 Å². The molecule has 0 radical (unpaired) electrons. The summed E-state index contributed by atoms with van der Waals surface area (Å²) in [5.74, 6) is 0. The highest BCUT2D eigenvalue weighted by atomic mass is 28.3. The first kappa shape index (κ1) is 14.2. The minimum absolute atomic E-state index is 0.198. The van der Waals surface area contributed by atoms with Crippen molar-refractivity contribution in [1.82, 2.24) is 0 Å². The lowest BCUT2D eigenvalue weighted by molar-refractivity contribution is -0.385. The zero-order valence-corrected chi connectivity index (χ0v) is 12.5. The van der Waals surface area contributed by atoms with E-state index in [9.17, 15) is 10.1 Å². The van der Waals surface area contributed by atoms with Crippen LogP contribution in [0.3, 0.4) is 0 Å². The summed E-state index contributed by atoms with van der Waals surface area (Å²) in [5.41, 5.74) is 1.86. The van der Waals surface area contributed by atoms with E-state index in [1.54, 1.807) is 12.1 Å². The smallest absolute Gasteiger partial charge is 0.272 e. The van der Waals surface area contributed by atoms with Crippen molar-refractivity contribution in [3.63, 3.8) is 0 Å². The molecular weight excluding hydrogens is 262 g/mol. The van der Waals surface area contributed by atoms with Crippen LogP contribution in [0.25, 0.3) is 0 Å². The van der Waals surface area contributed by atoms with E-state index in [0.717, 1.165) is 17.2 Å². The van der Waals surface area contributed by atoms with E-state index in [-0.39, 0.29) is 16.9 Å². The third-order valence-electron chi connectivity index (χ3n) is 2.91. The maximum atomic E-state index is 11.1. The zero-order valence-electron chi connectivity index (χ0n) is 11.5. The lowest BCUT2D eigenvalue weighted by atomic mass is 10.1. The van der Waals surface area contributed by atoms with Crippen molar-refractivity contribution in [1.29, 1.82) is 0 Å². The Bertz CT molecular complexity index is 478. The molecule has 0 unspecified atom stereocenters. The average Bonchev–Trinajstić information content (AvgIpc) is 2.79. The van der Waals surface area contributed by atoms with Crippen molar-refractivity contribution >= 4 is 13.8 Å². The number of nitro groups is 1. The number of rotatable bonds is 4. The van der Waals surface area contributed by atoms with Crippen LogP contribution in [-0.2, 0) is 15.5 Å². The summed E-state index contributed by atoms with van der Waals surface area (Å²) in [4.78, 5) is 10.8. The number of benzene rings is 1. The summed E-state index contributed by atoms with van der Waals surface area (Å²) in [6, 6.07) is 5.94. The molecule has 1 aliphatic rings. The number of ether oxygens (including phenoxy) is 2. The first-order valence-electron chi connectivity index (χ1n) is 6.37. The Morgan fingerprint density at radius 1 is 1.32 bits per heavy atom. The summed E-state index contributed by atoms with van der Waals surface area (Å²) in [5, 5.41) is 11.1. The van der Waals surface area contributed by atoms with Crippen LogP contribution in [-0.4, -0.2) is 26.2 Å². The lowest BCUT2D eigenvalue weighted by Gasteiger charge is -2.17. The first-order chi connectivity index (χ1) is 8.87. The molecule has 1 aromatic carbocycles. The lowest BCUT2D eigenvalue weighted by Crippen LogP contribution is -2.24. The predicted molar refractivity (Wildman–Crippen MR) is 74.8 cm³/mol. The van der Waals surface area contributed by atoms with Gasteiger partial charge in [-0.05, 0) is 18.2 Å². The minimum Gasteiger partial charge on any atom is -0.346 e. The molecular formula is C13H19NO4Si. The number of nitro benzene ring substituents is 1. The third kappa shape index (κ3) is 3.62. The fourth-order valence-corrected chi connectivity index (χ4v) is 3.62. The molecule has 0 aliphatic carbocycles. The normalized spacial score (nSPS) is 16.8. The van der Waals surface area contributed by atoms with Crippen LogP contribution in [0, 0.1) is 10.1 Å². The molecule has 0 amide bonds. The van der Waals surface area contributed by atoms with Crippen LogP contribution in [0.4, 0.5) is 5.69 Å². The van der Waals surface area contributed by atoms with Crippen LogP contribution in [0.1, 0.15) is 17.4 Å². The molecule has 0 spiro atoms. The van der Waals surface area contributed by atoms with Crippen molar-refractivity contribution in [3.8, 4) is 0 Å². The summed E-state index contributed by atoms with van der Waals surface area (Å²) in [6.07, 6.45) is -0.374. The molecule has 6 heteroatoms. The Morgan fingerprint density at radius 3 is 2.47 bits per heavy atom. The zero-order chi connectivity index (χ0) is 14.0. The van der Waals surface area contributed by atoms with Crippen molar-refractivity contribution < 1.29 is 14.4 Å². The quantitative estimate of drug-likeness (QED) is 0.483. The van der Waals surface area contributed by atoms with E-state index in [4.69, 9.17) is 9.47 Å². The van der Waals surface area contributed by atoms with Gasteiger partial charge < -0.3 is 9.47 Å². The van der Waals surface area contributed by atoms with E-state index in [1.165, 1.54) is 0 Å². The molecule has 1 heterocycles. The predicted octanol–water partition coefficient (Wildman–Crippen LogP) is 3.06. The summed E-state index contributed by atoms with van der Waals surface area (Å²) in [6.45, 7) is 7.75. The average molecular weight is 281 g/mol. The van der Waals surface area contributed by atoms with Gasteiger partial charge in [0, 0.05) is 25.3 Å². The molecule has 1 aromatic rings. The van der Waals surface area contributed by atoms with E-state index >= 15 is 0 Å². The SMILES string of the molecule is C[Si](C)(C)Cc1cc(C2OCCO2)ccc1[N+](=O)[O-]. The van der Waals surface area contributed by atoms with Gasteiger partial charge in [-0.3, -0.25) is 10.1 Å². The molecule has 1 saturated heterocycles. The van der Waals surface area contributed by atoms with Crippen LogP contribution < -0.4 is 0 Å². The molecule has 1 aliphatic heterocycles. The van der Waals surface area contributed by atoms with Crippen molar-refractivity contribution in [3.05, 3.63) is 39.4 Å². The maximum Gasteiger partial charge on any atom is 0.272 e. The van der Waals surface area contributed by atoms with Crippen LogP contribution in [0.15, 0.2) is 18.2 Å². The van der Waals surface area contributed by atoms with Gasteiger partial charge in [-0.2, -0.15) is 0 Å². The van der Waals surface area contributed by atoms with Gasteiger partial charge in [-0.15, -0.1) is 0 Å². The molecule has 0 bridgehead atoms. The van der Waals surface area contributed by atoms with Crippen LogP contribution in [0.5, 0.6) is 0 Å². The topological polar surface area (TPSA) is 61.6 Å². The Labute approximate surface area is 113 Å². The largest absolute Gasteiger partial charge is 0.346 e. The van der Waals surface area contributed by atoms with E-state index in [0.29, 0.717) is 13.2 Å². The molecule has 0 saturated carbocycles. The number of nitrogens with zero attached hydrogens (tertiary/aromatic N) is 1. The standard InChI is InChI=1S/C13H19NO4Si/c1-19(2,3)9-11-8-10(13-17-6-7-18-13)4-5-12(11)14(15)16/h4-5,8,13H,6-7,9H2,1-3H3. The number of hydrogen-bond acceptors (Lipinski definition) is 4. The molecule has 2 rings (SSSR count). The molecule has 104 valence electrons. The van der Waals surface area contributed by atoms with Gasteiger partial charge in [0.25, 0.3) is 5.69 Å². The van der Waals surface area contributed by atoms with Gasteiger partial charge in [0.1, 0.15) is 0 Å². The van der Waals surface area contributed by atoms with Crippen LogP contribution >= 0.6 is 0 Å². The maximum absolute atomic E-state index is 11.1. The van der Waals surface area contributed by atoms with Crippen LogP contribution in [0.2, 0.25) is 19.6 Å². The second-order valence-corrected chi connectivity index (χ2v) is 11.4. The molecule has 1 fully saturated rings. The highest BCUT2D eigenvalue weighted by molar-refractivity contribution is 6.75. The molecule has 0 atom stereocenters. The monoisotopic (exact) mass is 281 g/mol. The Hall–Kier alpha value is -1.24. The summed E-state index contributed by atoms with van der Waals surface area (Å²) in [7, 11) is -1.42. The fraction of sp³-hybridized carbons (Fsp3) is 0.538. The van der Waals surface area contributed by atoms with Gasteiger partial charge in [0.15, 0.2) is 6.29 Å².